The summed E-state index contributed by atoms with van der Waals surface area (Å²) < 4.78 is 0.689. The summed E-state index contributed by atoms with van der Waals surface area (Å²) in [5.74, 6) is -1.20. The zero-order valence-corrected chi connectivity index (χ0v) is 15.1. The standard InChI is InChI=1S/C17H12BrN5O3/c1-8-2-4-11-14(19-8)21-22-15(11)20-13(24)7-23-16(25)10-5-3-9(18)6-12(10)17(23)26/h2-6H,7H2,1H3,(H2,19,20,21,22,24). The van der Waals surface area contributed by atoms with E-state index in [1.54, 1.807) is 30.3 Å². The van der Waals surface area contributed by atoms with Crippen molar-refractivity contribution in [3.8, 4) is 0 Å². The van der Waals surface area contributed by atoms with Crippen molar-refractivity contribution in [1.29, 1.82) is 0 Å². The maximum atomic E-state index is 12.4. The number of hydrogen-bond donors (Lipinski definition) is 2. The number of benzene rings is 1. The summed E-state index contributed by atoms with van der Waals surface area (Å²) in [7, 11) is 0. The predicted octanol–water partition coefficient (Wildman–Crippen LogP) is 2.26. The molecule has 8 nitrogen and oxygen atoms in total. The molecule has 0 aliphatic carbocycles. The monoisotopic (exact) mass is 413 g/mol. The van der Waals surface area contributed by atoms with Gasteiger partial charge in [-0.1, -0.05) is 15.9 Å². The summed E-state index contributed by atoms with van der Waals surface area (Å²) in [4.78, 5) is 42.3. The van der Waals surface area contributed by atoms with Crippen LogP contribution >= 0.6 is 15.9 Å². The molecule has 0 saturated carbocycles. The fourth-order valence-electron chi connectivity index (χ4n) is 2.82. The Hall–Kier alpha value is -3.07. The Kier molecular flexibility index (Phi) is 3.80. The molecular weight excluding hydrogens is 402 g/mol. The van der Waals surface area contributed by atoms with Crippen molar-refractivity contribution in [2.75, 3.05) is 11.9 Å². The minimum absolute atomic E-state index is 0.280. The lowest BCUT2D eigenvalue weighted by molar-refractivity contribution is -0.116. The van der Waals surface area contributed by atoms with Crippen LogP contribution in [0.4, 0.5) is 5.82 Å². The lowest BCUT2D eigenvalue weighted by Gasteiger charge is -2.12. The average molecular weight is 414 g/mol. The SMILES string of the molecule is Cc1ccc2c(NC(=O)CN3C(=O)c4ccc(Br)cc4C3=O)n[nH]c2n1. The number of fused-ring (bicyclic) bond motifs is 2. The molecule has 3 amide bonds. The highest BCUT2D eigenvalue weighted by atomic mass is 79.9. The third-order valence-corrected chi connectivity index (χ3v) is 4.55. The largest absolute Gasteiger partial charge is 0.307 e. The molecule has 0 atom stereocenters. The first kappa shape index (κ1) is 16.4. The molecule has 1 aliphatic rings. The number of rotatable bonds is 3. The van der Waals surface area contributed by atoms with Gasteiger partial charge in [0.15, 0.2) is 11.5 Å². The molecule has 0 unspecified atom stereocenters. The number of carbonyl (C=O) groups excluding carboxylic acids is 3. The van der Waals surface area contributed by atoms with E-state index in [1.165, 1.54) is 0 Å². The van der Waals surface area contributed by atoms with Gasteiger partial charge < -0.3 is 5.32 Å². The highest BCUT2D eigenvalue weighted by Gasteiger charge is 2.36. The molecule has 0 radical (unpaired) electrons. The number of anilines is 1. The van der Waals surface area contributed by atoms with Crippen LogP contribution in [0.1, 0.15) is 26.4 Å². The van der Waals surface area contributed by atoms with Gasteiger partial charge in [-0.3, -0.25) is 24.4 Å². The van der Waals surface area contributed by atoms with Crippen LogP contribution in [0, 0.1) is 6.92 Å². The van der Waals surface area contributed by atoms with E-state index in [4.69, 9.17) is 0 Å². The molecule has 0 bridgehead atoms. The van der Waals surface area contributed by atoms with Gasteiger partial charge in [0.1, 0.15) is 6.54 Å². The number of carbonyl (C=O) groups is 3. The Morgan fingerprint density at radius 2 is 1.96 bits per heavy atom. The van der Waals surface area contributed by atoms with Crippen LogP contribution in [0.3, 0.4) is 0 Å². The van der Waals surface area contributed by atoms with E-state index in [-0.39, 0.29) is 11.1 Å². The number of halogens is 1. The van der Waals surface area contributed by atoms with E-state index >= 15 is 0 Å². The molecule has 4 rings (SSSR count). The van der Waals surface area contributed by atoms with Gasteiger partial charge in [-0.15, -0.1) is 0 Å². The molecule has 0 spiro atoms. The minimum Gasteiger partial charge on any atom is -0.307 e. The van der Waals surface area contributed by atoms with Crippen LogP contribution in [0.25, 0.3) is 11.0 Å². The third kappa shape index (κ3) is 2.66. The number of H-pyrrole nitrogens is 1. The second kappa shape index (κ2) is 6.03. The Bertz CT molecular complexity index is 1090. The maximum absolute atomic E-state index is 12.4. The number of aryl methyl sites for hydroxylation is 1. The third-order valence-electron chi connectivity index (χ3n) is 4.06. The van der Waals surface area contributed by atoms with Gasteiger partial charge in [0, 0.05) is 10.2 Å². The van der Waals surface area contributed by atoms with Crippen LogP contribution in [0.15, 0.2) is 34.8 Å². The van der Waals surface area contributed by atoms with Gasteiger partial charge >= 0.3 is 0 Å². The molecule has 26 heavy (non-hydrogen) atoms. The topological polar surface area (TPSA) is 108 Å². The van der Waals surface area contributed by atoms with Crippen LogP contribution in [0.5, 0.6) is 0 Å². The fraction of sp³-hybridized carbons (Fsp3) is 0.118. The van der Waals surface area contributed by atoms with Crippen LogP contribution in [-0.2, 0) is 4.79 Å². The minimum atomic E-state index is -0.521. The summed E-state index contributed by atoms with van der Waals surface area (Å²) in [6, 6.07) is 8.40. The number of nitrogens with zero attached hydrogens (tertiary/aromatic N) is 3. The van der Waals surface area contributed by atoms with Gasteiger partial charge in [0.25, 0.3) is 11.8 Å². The lowest BCUT2D eigenvalue weighted by Crippen LogP contribution is -2.37. The molecule has 2 N–H and O–H groups in total. The quantitative estimate of drug-likeness (QED) is 0.640. The summed E-state index contributed by atoms with van der Waals surface area (Å²) >= 11 is 3.27. The normalized spacial score (nSPS) is 13.4. The second-order valence-electron chi connectivity index (χ2n) is 5.86. The average Bonchev–Trinajstić information content (AvgIpc) is 3.09. The van der Waals surface area contributed by atoms with Crippen LogP contribution in [0.2, 0.25) is 0 Å². The number of hydrogen-bond acceptors (Lipinski definition) is 5. The Labute approximate surface area is 155 Å². The van der Waals surface area contributed by atoms with Crippen molar-refractivity contribution in [1.82, 2.24) is 20.1 Å². The van der Waals surface area contributed by atoms with E-state index in [2.05, 4.69) is 36.4 Å². The summed E-state index contributed by atoms with van der Waals surface area (Å²) in [6.45, 7) is 1.46. The number of amides is 3. The van der Waals surface area contributed by atoms with E-state index in [9.17, 15) is 14.4 Å². The molecular formula is C17H12BrN5O3. The fourth-order valence-corrected chi connectivity index (χ4v) is 3.18. The van der Waals surface area contributed by atoms with Crippen molar-refractivity contribution in [2.45, 2.75) is 6.92 Å². The van der Waals surface area contributed by atoms with E-state index in [1.807, 2.05) is 6.92 Å². The van der Waals surface area contributed by atoms with Gasteiger partial charge in [-0.2, -0.15) is 5.10 Å². The first-order valence-electron chi connectivity index (χ1n) is 7.71. The van der Waals surface area contributed by atoms with Crippen LogP contribution < -0.4 is 5.32 Å². The molecule has 1 aliphatic heterocycles. The smallest absolute Gasteiger partial charge is 0.262 e. The lowest BCUT2D eigenvalue weighted by atomic mass is 10.1. The molecule has 130 valence electrons. The maximum Gasteiger partial charge on any atom is 0.262 e. The van der Waals surface area contributed by atoms with Crippen molar-refractivity contribution in [2.24, 2.45) is 0 Å². The molecule has 0 fully saturated rings. The molecule has 2 aromatic heterocycles. The number of pyridine rings is 1. The molecule has 0 saturated heterocycles. The van der Waals surface area contributed by atoms with Gasteiger partial charge in [-0.05, 0) is 37.3 Å². The van der Waals surface area contributed by atoms with Crippen molar-refractivity contribution in [3.63, 3.8) is 0 Å². The number of nitrogens with one attached hydrogen (secondary N) is 2. The first-order chi connectivity index (χ1) is 12.4. The van der Waals surface area contributed by atoms with Crippen molar-refractivity contribution in [3.05, 3.63) is 51.6 Å². The van der Waals surface area contributed by atoms with E-state index in [0.29, 0.717) is 21.3 Å². The van der Waals surface area contributed by atoms with Gasteiger partial charge in [0.2, 0.25) is 5.91 Å². The highest BCUT2D eigenvalue weighted by Crippen LogP contribution is 2.26. The summed E-state index contributed by atoms with van der Waals surface area (Å²) in [5, 5.41) is 10.0. The second-order valence-corrected chi connectivity index (χ2v) is 6.77. The Morgan fingerprint density at radius 3 is 2.77 bits per heavy atom. The molecule has 3 heterocycles. The Morgan fingerprint density at radius 1 is 1.19 bits per heavy atom. The van der Waals surface area contributed by atoms with Crippen LogP contribution in [-0.4, -0.2) is 44.3 Å². The zero-order chi connectivity index (χ0) is 18.4. The highest BCUT2D eigenvalue weighted by molar-refractivity contribution is 9.10. The van der Waals surface area contributed by atoms with E-state index < -0.39 is 24.3 Å². The predicted molar refractivity (Wildman–Crippen MR) is 96.8 cm³/mol. The van der Waals surface area contributed by atoms with Gasteiger partial charge in [-0.25, -0.2) is 4.98 Å². The van der Waals surface area contributed by atoms with E-state index in [0.717, 1.165) is 10.6 Å². The first-order valence-corrected chi connectivity index (χ1v) is 8.50. The summed E-state index contributed by atoms with van der Waals surface area (Å²) in [6.07, 6.45) is 0. The molecule has 9 heteroatoms. The Balaban J connectivity index is 1.53. The number of imide groups is 1. The number of aromatic amines is 1. The summed E-state index contributed by atoms with van der Waals surface area (Å²) in [5.41, 5.74) is 1.93. The zero-order valence-electron chi connectivity index (χ0n) is 13.5. The van der Waals surface area contributed by atoms with Crippen molar-refractivity contribution < 1.29 is 14.4 Å². The molecule has 1 aromatic carbocycles. The number of aromatic nitrogens is 3. The van der Waals surface area contributed by atoms with Gasteiger partial charge in [0.05, 0.1) is 16.5 Å². The molecule has 3 aromatic rings. The van der Waals surface area contributed by atoms with Crippen molar-refractivity contribution >= 4 is 50.5 Å².